The van der Waals surface area contributed by atoms with E-state index in [0.717, 1.165) is 29.7 Å². The summed E-state index contributed by atoms with van der Waals surface area (Å²) in [5, 5.41) is 16.3. The molecule has 0 aromatic heterocycles. The molecule has 0 heterocycles. The quantitative estimate of drug-likeness (QED) is 0.666. The number of ether oxygens (including phenoxy) is 1. The summed E-state index contributed by atoms with van der Waals surface area (Å²) in [5.74, 6) is 0.794. The summed E-state index contributed by atoms with van der Waals surface area (Å²) in [6, 6.07) is 15.0. The van der Waals surface area contributed by atoms with Gasteiger partial charge in [0, 0.05) is 25.1 Å². The Morgan fingerprint density at radius 1 is 1.12 bits per heavy atom. The molecule has 2 aromatic rings. The first-order valence-electron chi connectivity index (χ1n) is 9.15. The van der Waals surface area contributed by atoms with Crippen molar-refractivity contribution < 1.29 is 14.6 Å². The first-order valence-corrected chi connectivity index (χ1v) is 9.15. The van der Waals surface area contributed by atoms with E-state index in [-0.39, 0.29) is 12.6 Å². The number of hydrogen-bond acceptors (Lipinski definition) is 3. The molecule has 0 saturated heterocycles. The smallest absolute Gasteiger partial charge is 0.319 e. The van der Waals surface area contributed by atoms with Gasteiger partial charge in [-0.15, -0.1) is 0 Å². The zero-order valence-electron chi connectivity index (χ0n) is 15.1. The Morgan fingerprint density at radius 2 is 1.77 bits per heavy atom. The van der Waals surface area contributed by atoms with Crippen LogP contribution in [0.25, 0.3) is 0 Å². The van der Waals surface area contributed by atoms with Crippen molar-refractivity contribution in [2.75, 3.05) is 18.5 Å². The number of aliphatic hydroxyl groups is 1. The van der Waals surface area contributed by atoms with E-state index >= 15 is 0 Å². The predicted molar refractivity (Wildman–Crippen MR) is 103 cm³/mol. The molecule has 5 nitrogen and oxygen atoms in total. The van der Waals surface area contributed by atoms with Crippen LogP contribution < -0.4 is 15.4 Å². The number of anilines is 1. The van der Waals surface area contributed by atoms with Crippen LogP contribution in [0.4, 0.5) is 10.5 Å². The van der Waals surface area contributed by atoms with E-state index in [9.17, 15) is 9.90 Å². The van der Waals surface area contributed by atoms with Crippen molar-refractivity contribution in [3.63, 3.8) is 0 Å². The predicted octanol–water partition coefficient (Wildman–Crippen LogP) is 3.52. The standard InChI is InChI=1S/C21H26N2O3/c1-2-3-12-26-19-10-8-18(9-11-19)23-20(24)22-15-21(25)13-16-6-4-5-7-17(16)14-21/h4-11,25H,2-3,12-15H2,1H3,(H2,22,23,24). The van der Waals surface area contributed by atoms with Gasteiger partial charge in [0.1, 0.15) is 5.75 Å². The van der Waals surface area contributed by atoms with E-state index in [4.69, 9.17) is 4.74 Å². The fraction of sp³-hybridized carbons (Fsp3) is 0.381. The third-order valence-electron chi connectivity index (χ3n) is 4.61. The molecule has 5 heteroatoms. The maximum Gasteiger partial charge on any atom is 0.319 e. The van der Waals surface area contributed by atoms with Crippen LogP contribution in [0.2, 0.25) is 0 Å². The van der Waals surface area contributed by atoms with Gasteiger partial charge < -0.3 is 20.5 Å². The molecular weight excluding hydrogens is 328 g/mol. The highest BCUT2D eigenvalue weighted by atomic mass is 16.5. The summed E-state index contributed by atoms with van der Waals surface area (Å²) in [6.45, 7) is 3.03. The highest BCUT2D eigenvalue weighted by molar-refractivity contribution is 5.89. The Hall–Kier alpha value is -2.53. The molecule has 0 saturated carbocycles. The lowest BCUT2D eigenvalue weighted by Crippen LogP contribution is -2.45. The number of carbonyl (C=O) groups is 1. The highest BCUT2D eigenvalue weighted by Crippen LogP contribution is 2.29. The first-order chi connectivity index (χ1) is 12.6. The van der Waals surface area contributed by atoms with Crippen LogP contribution in [-0.4, -0.2) is 29.9 Å². The second kappa shape index (κ2) is 8.23. The minimum absolute atomic E-state index is 0.214. The molecule has 0 unspecified atom stereocenters. The number of urea groups is 1. The van der Waals surface area contributed by atoms with Gasteiger partial charge in [-0.2, -0.15) is 0 Å². The van der Waals surface area contributed by atoms with Gasteiger partial charge in [-0.05, 0) is 41.8 Å². The van der Waals surface area contributed by atoms with Gasteiger partial charge in [-0.3, -0.25) is 0 Å². The average molecular weight is 354 g/mol. The summed E-state index contributed by atoms with van der Waals surface area (Å²) < 4.78 is 5.60. The van der Waals surface area contributed by atoms with E-state index in [0.29, 0.717) is 25.1 Å². The van der Waals surface area contributed by atoms with Gasteiger partial charge in [0.05, 0.1) is 12.2 Å². The number of unbranched alkanes of at least 4 members (excludes halogenated alkanes) is 1. The second-order valence-electron chi connectivity index (χ2n) is 6.88. The first kappa shape index (κ1) is 18.3. The highest BCUT2D eigenvalue weighted by Gasteiger charge is 2.35. The number of benzene rings is 2. The number of fused-ring (bicyclic) bond motifs is 1. The lowest BCUT2D eigenvalue weighted by atomic mass is 10.0. The van der Waals surface area contributed by atoms with Gasteiger partial charge >= 0.3 is 6.03 Å². The number of rotatable bonds is 7. The fourth-order valence-corrected chi connectivity index (χ4v) is 3.19. The molecule has 0 bridgehead atoms. The zero-order valence-corrected chi connectivity index (χ0v) is 15.1. The van der Waals surface area contributed by atoms with Gasteiger partial charge in [0.2, 0.25) is 0 Å². The van der Waals surface area contributed by atoms with Crippen LogP contribution in [0.15, 0.2) is 48.5 Å². The number of amides is 2. The number of hydrogen-bond donors (Lipinski definition) is 3. The van der Waals surface area contributed by atoms with Crippen LogP contribution in [0, 0.1) is 0 Å². The van der Waals surface area contributed by atoms with Crippen LogP contribution >= 0.6 is 0 Å². The molecule has 1 aliphatic rings. The minimum Gasteiger partial charge on any atom is -0.494 e. The summed E-state index contributed by atoms with van der Waals surface area (Å²) >= 11 is 0. The van der Waals surface area contributed by atoms with Gasteiger partial charge in [-0.1, -0.05) is 37.6 Å². The van der Waals surface area contributed by atoms with Gasteiger partial charge in [0.25, 0.3) is 0 Å². The Labute approximate surface area is 154 Å². The second-order valence-corrected chi connectivity index (χ2v) is 6.88. The molecule has 2 aromatic carbocycles. The van der Waals surface area contributed by atoms with E-state index in [1.807, 2.05) is 36.4 Å². The third kappa shape index (κ3) is 4.76. The van der Waals surface area contributed by atoms with Crippen molar-refractivity contribution in [3.8, 4) is 5.75 Å². The Morgan fingerprint density at radius 3 is 2.38 bits per heavy atom. The molecule has 138 valence electrons. The molecule has 1 aliphatic carbocycles. The van der Waals surface area contributed by atoms with Crippen LogP contribution in [0.3, 0.4) is 0 Å². The van der Waals surface area contributed by atoms with Crippen molar-refractivity contribution in [1.29, 1.82) is 0 Å². The molecule has 0 spiro atoms. The average Bonchev–Trinajstić information content (AvgIpc) is 2.98. The van der Waals surface area contributed by atoms with E-state index in [2.05, 4.69) is 17.6 Å². The largest absolute Gasteiger partial charge is 0.494 e. The van der Waals surface area contributed by atoms with Gasteiger partial charge in [0.15, 0.2) is 0 Å². The molecule has 0 aliphatic heterocycles. The van der Waals surface area contributed by atoms with Crippen molar-refractivity contribution in [2.24, 2.45) is 0 Å². The van der Waals surface area contributed by atoms with E-state index in [1.165, 1.54) is 0 Å². The maximum absolute atomic E-state index is 12.1. The topological polar surface area (TPSA) is 70.6 Å². The molecule has 0 fully saturated rings. The number of nitrogens with one attached hydrogen (secondary N) is 2. The lowest BCUT2D eigenvalue weighted by Gasteiger charge is -2.22. The van der Waals surface area contributed by atoms with Crippen LogP contribution in [0.5, 0.6) is 5.75 Å². The third-order valence-corrected chi connectivity index (χ3v) is 4.61. The minimum atomic E-state index is -0.919. The zero-order chi connectivity index (χ0) is 18.4. The van der Waals surface area contributed by atoms with Crippen molar-refractivity contribution in [3.05, 3.63) is 59.7 Å². The van der Waals surface area contributed by atoms with Crippen LogP contribution in [0.1, 0.15) is 30.9 Å². The molecule has 2 amide bonds. The van der Waals surface area contributed by atoms with E-state index in [1.54, 1.807) is 12.1 Å². The van der Waals surface area contributed by atoms with E-state index < -0.39 is 5.60 Å². The molecule has 3 rings (SSSR count). The van der Waals surface area contributed by atoms with Gasteiger partial charge in [-0.25, -0.2) is 4.79 Å². The molecule has 0 radical (unpaired) electrons. The Balaban J connectivity index is 1.46. The summed E-state index contributed by atoms with van der Waals surface area (Å²) in [5.41, 5.74) is 2.07. The monoisotopic (exact) mass is 354 g/mol. The molecule has 3 N–H and O–H groups in total. The molecule has 0 atom stereocenters. The maximum atomic E-state index is 12.1. The number of carbonyl (C=O) groups excluding carboxylic acids is 1. The normalized spacial score (nSPS) is 14.5. The fourth-order valence-electron chi connectivity index (χ4n) is 3.19. The summed E-state index contributed by atoms with van der Waals surface area (Å²) in [6.07, 6.45) is 3.24. The molecule has 26 heavy (non-hydrogen) atoms. The molecular formula is C21H26N2O3. The van der Waals surface area contributed by atoms with Crippen molar-refractivity contribution in [1.82, 2.24) is 5.32 Å². The summed E-state index contributed by atoms with van der Waals surface area (Å²) in [7, 11) is 0. The lowest BCUT2D eigenvalue weighted by molar-refractivity contribution is 0.0541. The van der Waals surface area contributed by atoms with Crippen LogP contribution in [-0.2, 0) is 12.8 Å². The van der Waals surface area contributed by atoms with Crippen molar-refractivity contribution >= 4 is 11.7 Å². The summed E-state index contributed by atoms with van der Waals surface area (Å²) in [4.78, 5) is 12.1. The van der Waals surface area contributed by atoms with Crippen molar-refractivity contribution in [2.45, 2.75) is 38.2 Å². The Kier molecular flexibility index (Phi) is 5.78. The Bertz CT molecular complexity index is 718. The SMILES string of the molecule is CCCCOc1ccc(NC(=O)NCC2(O)Cc3ccccc3C2)cc1.